The number of aromatic hydroxyl groups is 1. The fourth-order valence-electron chi connectivity index (χ4n) is 2.26. The van der Waals surface area contributed by atoms with Crippen molar-refractivity contribution in [2.75, 3.05) is 20.3 Å². The lowest BCUT2D eigenvalue weighted by molar-refractivity contribution is 0.0597. The minimum absolute atomic E-state index is 0.0197. The van der Waals surface area contributed by atoms with Gasteiger partial charge in [0.1, 0.15) is 23.7 Å². The summed E-state index contributed by atoms with van der Waals surface area (Å²) in [6, 6.07) is 13.8. The third-order valence-corrected chi connectivity index (χ3v) is 3.72. The number of rotatable bonds is 8. The minimum atomic E-state index is -0.625. The van der Waals surface area contributed by atoms with Gasteiger partial charge in [-0.2, -0.15) is 0 Å². The molecular formula is C19H23NO5. The number of aliphatic hydroxyl groups excluding tert-OH is 1. The number of carbonyl (C=O) groups is 1. The average molecular weight is 345 g/mol. The van der Waals surface area contributed by atoms with E-state index in [2.05, 4.69) is 10.1 Å². The lowest BCUT2D eigenvalue weighted by atomic mass is 10.1. The third kappa shape index (κ3) is 5.48. The Hall–Kier alpha value is -2.57. The van der Waals surface area contributed by atoms with Crippen LogP contribution >= 0.6 is 0 Å². The van der Waals surface area contributed by atoms with E-state index in [1.807, 2.05) is 37.3 Å². The zero-order chi connectivity index (χ0) is 18.2. The molecule has 25 heavy (non-hydrogen) atoms. The molecule has 6 nitrogen and oxygen atoms in total. The van der Waals surface area contributed by atoms with Crippen molar-refractivity contribution in [2.24, 2.45) is 0 Å². The molecule has 3 N–H and O–H groups in total. The summed E-state index contributed by atoms with van der Waals surface area (Å²) in [4.78, 5) is 11.6. The molecule has 0 bridgehead atoms. The van der Waals surface area contributed by atoms with E-state index in [0.717, 1.165) is 5.56 Å². The Morgan fingerprint density at radius 2 is 1.92 bits per heavy atom. The Balaban J connectivity index is 1.84. The van der Waals surface area contributed by atoms with Gasteiger partial charge in [-0.05, 0) is 30.7 Å². The molecule has 0 aliphatic carbocycles. The van der Waals surface area contributed by atoms with Gasteiger partial charge in [-0.3, -0.25) is 0 Å². The third-order valence-electron chi connectivity index (χ3n) is 3.72. The predicted molar refractivity (Wildman–Crippen MR) is 93.8 cm³/mol. The maximum atomic E-state index is 11.6. The minimum Gasteiger partial charge on any atom is -0.507 e. The van der Waals surface area contributed by atoms with E-state index in [9.17, 15) is 15.0 Å². The highest BCUT2D eigenvalue weighted by Crippen LogP contribution is 2.23. The van der Waals surface area contributed by atoms with Crippen molar-refractivity contribution in [1.29, 1.82) is 0 Å². The number of nitrogens with one attached hydrogen (secondary N) is 1. The molecule has 0 amide bonds. The number of carbonyl (C=O) groups excluding carboxylic acids is 1. The molecule has 2 atom stereocenters. The number of esters is 1. The summed E-state index contributed by atoms with van der Waals surface area (Å²) in [5.41, 5.74) is 0.907. The van der Waals surface area contributed by atoms with Crippen LogP contribution in [0, 0.1) is 0 Å². The van der Waals surface area contributed by atoms with E-state index < -0.39 is 12.1 Å². The first-order valence-corrected chi connectivity index (χ1v) is 8.01. The highest BCUT2D eigenvalue weighted by Gasteiger charge is 2.14. The number of ether oxygens (including phenoxy) is 2. The zero-order valence-electron chi connectivity index (χ0n) is 14.3. The molecule has 0 radical (unpaired) electrons. The number of benzene rings is 2. The quantitative estimate of drug-likeness (QED) is 0.636. The standard InChI is InChI=1S/C19H23NO5/c1-13(20-11-18(22)14-6-4-3-5-7-14)12-25-15-8-9-17(21)16(10-15)19(23)24-2/h3-10,13,18,20-22H,11-12H2,1-2H3. The van der Waals surface area contributed by atoms with Crippen LogP contribution in [-0.2, 0) is 4.74 Å². The molecule has 6 heteroatoms. The summed E-state index contributed by atoms with van der Waals surface area (Å²) in [6.07, 6.45) is -0.594. The Kier molecular flexibility index (Phi) is 6.80. The van der Waals surface area contributed by atoms with E-state index >= 15 is 0 Å². The van der Waals surface area contributed by atoms with Crippen LogP contribution in [-0.4, -0.2) is 42.5 Å². The normalized spacial score (nSPS) is 13.1. The van der Waals surface area contributed by atoms with Crippen molar-refractivity contribution < 1.29 is 24.5 Å². The number of phenolic OH excluding ortho intramolecular Hbond substituents is 1. The number of hydrogen-bond acceptors (Lipinski definition) is 6. The van der Waals surface area contributed by atoms with Crippen LogP contribution < -0.4 is 10.1 Å². The van der Waals surface area contributed by atoms with Crippen molar-refractivity contribution in [2.45, 2.75) is 19.1 Å². The summed E-state index contributed by atoms with van der Waals surface area (Å²) in [5, 5.41) is 23.0. The predicted octanol–water partition coefficient (Wildman–Crippen LogP) is 2.27. The lowest BCUT2D eigenvalue weighted by Gasteiger charge is -2.18. The largest absolute Gasteiger partial charge is 0.507 e. The van der Waals surface area contributed by atoms with Crippen LogP contribution in [0.1, 0.15) is 28.9 Å². The van der Waals surface area contributed by atoms with Gasteiger partial charge in [0.25, 0.3) is 0 Å². The van der Waals surface area contributed by atoms with Gasteiger partial charge < -0.3 is 25.0 Å². The van der Waals surface area contributed by atoms with E-state index in [-0.39, 0.29) is 17.4 Å². The monoisotopic (exact) mass is 345 g/mol. The SMILES string of the molecule is COC(=O)c1cc(OCC(C)NCC(O)c2ccccc2)ccc1O. The molecule has 0 aliphatic rings. The number of hydrogen-bond donors (Lipinski definition) is 3. The number of methoxy groups -OCH3 is 1. The Bertz CT molecular complexity index is 689. The second-order valence-electron chi connectivity index (χ2n) is 5.72. The van der Waals surface area contributed by atoms with Crippen molar-refractivity contribution in [3.63, 3.8) is 0 Å². The van der Waals surface area contributed by atoms with E-state index in [1.54, 1.807) is 6.07 Å². The molecule has 0 aromatic heterocycles. The van der Waals surface area contributed by atoms with Gasteiger partial charge in [-0.15, -0.1) is 0 Å². The first kappa shape index (κ1) is 18.8. The second-order valence-corrected chi connectivity index (χ2v) is 5.72. The molecule has 0 saturated heterocycles. The molecule has 0 fully saturated rings. The Labute approximate surface area is 147 Å². The molecule has 2 aromatic rings. The molecule has 2 unspecified atom stereocenters. The van der Waals surface area contributed by atoms with Crippen LogP contribution in [0.5, 0.6) is 11.5 Å². The molecule has 2 aromatic carbocycles. The maximum Gasteiger partial charge on any atom is 0.341 e. The Morgan fingerprint density at radius 1 is 1.20 bits per heavy atom. The fraction of sp³-hybridized carbons (Fsp3) is 0.316. The summed E-state index contributed by atoms with van der Waals surface area (Å²) in [7, 11) is 1.25. The van der Waals surface area contributed by atoms with Crippen LogP contribution in [0.2, 0.25) is 0 Å². The summed E-state index contributed by atoms with van der Waals surface area (Å²) in [5.74, 6) is -0.327. The van der Waals surface area contributed by atoms with Gasteiger partial charge in [-0.1, -0.05) is 30.3 Å². The molecule has 2 rings (SSSR count). The first-order chi connectivity index (χ1) is 12.0. The van der Waals surface area contributed by atoms with E-state index in [1.165, 1.54) is 19.2 Å². The lowest BCUT2D eigenvalue weighted by Crippen LogP contribution is -2.34. The van der Waals surface area contributed by atoms with Crippen LogP contribution in [0.25, 0.3) is 0 Å². The van der Waals surface area contributed by atoms with Gasteiger partial charge in [-0.25, -0.2) is 4.79 Å². The molecule has 0 aliphatic heterocycles. The second kappa shape index (κ2) is 9.05. The molecule has 0 spiro atoms. The van der Waals surface area contributed by atoms with E-state index in [0.29, 0.717) is 18.9 Å². The topological polar surface area (TPSA) is 88.0 Å². The number of phenols is 1. The fourth-order valence-corrected chi connectivity index (χ4v) is 2.26. The molecule has 0 heterocycles. The van der Waals surface area contributed by atoms with Gasteiger partial charge in [0.15, 0.2) is 0 Å². The zero-order valence-corrected chi connectivity index (χ0v) is 14.3. The van der Waals surface area contributed by atoms with Crippen molar-refractivity contribution in [3.05, 3.63) is 59.7 Å². The van der Waals surface area contributed by atoms with Crippen LogP contribution in [0.15, 0.2) is 48.5 Å². The van der Waals surface area contributed by atoms with Gasteiger partial charge in [0.05, 0.1) is 13.2 Å². The summed E-state index contributed by atoms with van der Waals surface area (Å²) in [6.45, 7) is 2.67. The molecule has 0 saturated carbocycles. The average Bonchev–Trinajstić information content (AvgIpc) is 2.65. The van der Waals surface area contributed by atoms with E-state index in [4.69, 9.17) is 4.74 Å². The summed E-state index contributed by atoms with van der Waals surface area (Å²) >= 11 is 0. The summed E-state index contributed by atoms with van der Waals surface area (Å²) < 4.78 is 10.2. The van der Waals surface area contributed by atoms with Crippen molar-refractivity contribution in [3.8, 4) is 11.5 Å². The molecular weight excluding hydrogens is 322 g/mol. The maximum absolute atomic E-state index is 11.6. The van der Waals surface area contributed by atoms with Gasteiger partial charge >= 0.3 is 5.97 Å². The first-order valence-electron chi connectivity index (χ1n) is 8.01. The van der Waals surface area contributed by atoms with Gasteiger partial charge in [0.2, 0.25) is 0 Å². The van der Waals surface area contributed by atoms with Crippen molar-refractivity contribution >= 4 is 5.97 Å². The van der Waals surface area contributed by atoms with Crippen LogP contribution in [0.4, 0.5) is 0 Å². The smallest absolute Gasteiger partial charge is 0.341 e. The van der Waals surface area contributed by atoms with Gasteiger partial charge in [0, 0.05) is 12.6 Å². The van der Waals surface area contributed by atoms with Crippen LogP contribution in [0.3, 0.4) is 0 Å². The van der Waals surface area contributed by atoms with Crippen molar-refractivity contribution in [1.82, 2.24) is 5.32 Å². The highest BCUT2D eigenvalue weighted by atomic mass is 16.5. The molecule has 134 valence electrons. The Morgan fingerprint density at radius 3 is 2.60 bits per heavy atom. The number of aliphatic hydroxyl groups is 1. The highest BCUT2D eigenvalue weighted by molar-refractivity contribution is 5.92.